The van der Waals surface area contributed by atoms with E-state index in [0.29, 0.717) is 13.2 Å². The molecule has 2 fully saturated rings. The molecule has 0 spiro atoms. The fourth-order valence-electron chi connectivity index (χ4n) is 4.60. The lowest BCUT2D eigenvalue weighted by Gasteiger charge is -2.37. The molecule has 0 saturated carbocycles. The summed E-state index contributed by atoms with van der Waals surface area (Å²) in [5.74, 6) is 1.68. The average molecular weight is 344 g/mol. The summed E-state index contributed by atoms with van der Waals surface area (Å²) < 4.78 is 5.53. The molecule has 2 aliphatic rings. The molecule has 1 aromatic rings. The van der Waals surface area contributed by atoms with Crippen LogP contribution in [0.1, 0.15) is 38.7 Å². The van der Waals surface area contributed by atoms with Gasteiger partial charge in [-0.3, -0.25) is 4.79 Å². The largest absolute Gasteiger partial charge is 0.381 e. The van der Waals surface area contributed by atoms with Crippen LogP contribution in [0.25, 0.3) is 0 Å². The van der Waals surface area contributed by atoms with E-state index >= 15 is 0 Å². The third-order valence-electron chi connectivity index (χ3n) is 5.77. The summed E-state index contributed by atoms with van der Waals surface area (Å²) in [6, 6.07) is 10.2. The quantitative estimate of drug-likeness (QED) is 0.893. The maximum absolute atomic E-state index is 13.1. The highest BCUT2D eigenvalue weighted by Crippen LogP contribution is 2.35. The van der Waals surface area contributed by atoms with Crippen LogP contribution in [0.2, 0.25) is 0 Å². The number of nitrogens with one attached hydrogen (secondary N) is 1. The van der Waals surface area contributed by atoms with Crippen molar-refractivity contribution in [3.63, 3.8) is 0 Å². The van der Waals surface area contributed by atoms with E-state index in [0.717, 1.165) is 56.4 Å². The molecule has 0 aromatic heterocycles. The number of carbonyl (C=O) groups excluding carboxylic acids is 1. The maximum atomic E-state index is 13.1. The molecule has 3 rings (SSSR count). The van der Waals surface area contributed by atoms with Gasteiger partial charge in [0.25, 0.3) is 0 Å². The fraction of sp³-hybridized carbons (Fsp3) is 0.667. The Labute approximate surface area is 151 Å². The van der Waals surface area contributed by atoms with E-state index in [1.54, 1.807) is 0 Å². The second kappa shape index (κ2) is 8.33. The molecule has 1 amide bonds. The zero-order valence-corrected chi connectivity index (χ0v) is 15.7. The number of hydrogen-bond donors (Lipinski definition) is 1. The Morgan fingerprint density at radius 2 is 1.80 bits per heavy atom. The number of likely N-dealkylation sites (tertiary alicyclic amines) is 1. The van der Waals surface area contributed by atoms with Gasteiger partial charge in [-0.1, -0.05) is 44.2 Å². The number of amides is 1. The van der Waals surface area contributed by atoms with Gasteiger partial charge in [0, 0.05) is 39.4 Å². The summed E-state index contributed by atoms with van der Waals surface area (Å²) in [6.07, 6.45) is 2.85. The predicted octanol–water partition coefficient (Wildman–Crippen LogP) is 2.83. The molecule has 0 bridgehead atoms. The Morgan fingerprint density at radius 1 is 1.16 bits per heavy atom. The van der Waals surface area contributed by atoms with Crippen molar-refractivity contribution in [2.24, 2.45) is 11.8 Å². The highest BCUT2D eigenvalue weighted by atomic mass is 16.5. The van der Waals surface area contributed by atoms with Crippen LogP contribution in [0.4, 0.5) is 0 Å². The van der Waals surface area contributed by atoms with Crippen LogP contribution in [-0.4, -0.2) is 50.2 Å². The number of carbonyl (C=O) groups is 1. The molecule has 2 saturated heterocycles. The highest BCUT2D eigenvalue weighted by Gasteiger charge is 2.41. The van der Waals surface area contributed by atoms with Crippen molar-refractivity contribution in [1.29, 1.82) is 0 Å². The third-order valence-corrected chi connectivity index (χ3v) is 5.77. The van der Waals surface area contributed by atoms with E-state index in [4.69, 9.17) is 4.74 Å². The standard InChI is InChI=1S/C21H32N2O2/c1-17-14-18(2)16-23(15-17)11-10-22-20(24)21(8-12-25-13-9-21)19-6-4-3-5-7-19/h3-7,17-18H,8-16H2,1-2H3,(H,22,24)/t17-,18-/m0/s1. The van der Waals surface area contributed by atoms with Gasteiger partial charge in [-0.25, -0.2) is 0 Å². The molecule has 25 heavy (non-hydrogen) atoms. The Morgan fingerprint density at radius 3 is 2.44 bits per heavy atom. The molecule has 4 nitrogen and oxygen atoms in total. The topological polar surface area (TPSA) is 41.6 Å². The second-order valence-corrected chi connectivity index (χ2v) is 8.02. The molecule has 1 N–H and O–H groups in total. The SMILES string of the molecule is C[C@H]1C[C@H](C)CN(CCNC(=O)C2(c3ccccc3)CCOCC2)C1. The summed E-state index contributed by atoms with van der Waals surface area (Å²) in [7, 11) is 0. The summed E-state index contributed by atoms with van der Waals surface area (Å²) in [4.78, 5) is 15.6. The zero-order chi connectivity index (χ0) is 17.7. The molecule has 2 aliphatic heterocycles. The van der Waals surface area contributed by atoms with E-state index in [9.17, 15) is 4.79 Å². The minimum atomic E-state index is -0.429. The van der Waals surface area contributed by atoms with Crippen molar-refractivity contribution in [3.05, 3.63) is 35.9 Å². The molecule has 138 valence electrons. The van der Waals surface area contributed by atoms with Crippen LogP contribution in [0.3, 0.4) is 0 Å². The average Bonchev–Trinajstić information content (AvgIpc) is 2.62. The zero-order valence-electron chi connectivity index (χ0n) is 15.7. The van der Waals surface area contributed by atoms with E-state index in [2.05, 4.69) is 36.2 Å². The second-order valence-electron chi connectivity index (χ2n) is 8.02. The molecule has 4 heteroatoms. The maximum Gasteiger partial charge on any atom is 0.230 e. The first kappa shape index (κ1) is 18.4. The van der Waals surface area contributed by atoms with E-state index in [1.165, 1.54) is 6.42 Å². The minimum absolute atomic E-state index is 0.167. The Balaban J connectivity index is 1.60. The van der Waals surface area contributed by atoms with Crippen LogP contribution in [0.5, 0.6) is 0 Å². The smallest absolute Gasteiger partial charge is 0.230 e. The first-order valence-electron chi connectivity index (χ1n) is 9.74. The van der Waals surface area contributed by atoms with Crippen LogP contribution in [0.15, 0.2) is 30.3 Å². The van der Waals surface area contributed by atoms with Gasteiger partial charge >= 0.3 is 0 Å². The van der Waals surface area contributed by atoms with Crippen molar-refractivity contribution in [3.8, 4) is 0 Å². The number of ether oxygens (including phenoxy) is 1. The van der Waals surface area contributed by atoms with E-state index in [1.807, 2.05) is 18.2 Å². The van der Waals surface area contributed by atoms with Crippen LogP contribution in [0, 0.1) is 11.8 Å². The molecule has 2 atom stereocenters. The highest BCUT2D eigenvalue weighted by molar-refractivity contribution is 5.88. The van der Waals surface area contributed by atoms with Gasteiger partial charge in [-0.15, -0.1) is 0 Å². The number of nitrogens with zero attached hydrogens (tertiary/aromatic N) is 1. The predicted molar refractivity (Wildman–Crippen MR) is 101 cm³/mol. The minimum Gasteiger partial charge on any atom is -0.381 e. The lowest BCUT2D eigenvalue weighted by Crippen LogP contribution is -2.50. The van der Waals surface area contributed by atoms with Crippen LogP contribution >= 0.6 is 0 Å². The first-order valence-corrected chi connectivity index (χ1v) is 9.74. The van der Waals surface area contributed by atoms with Gasteiger partial charge in [-0.2, -0.15) is 0 Å². The fourth-order valence-corrected chi connectivity index (χ4v) is 4.60. The molecular weight excluding hydrogens is 312 g/mol. The summed E-state index contributed by atoms with van der Waals surface area (Å²) in [5.41, 5.74) is 0.693. The molecule has 0 radical (unpaired) electrons. The summed E-state index contributed by atoms with van der Waals surface area (Å²) in [5, 5.41) is 3.23. The van der Waals surface area contributed by atoms with Crippen molar-refractivity contribution < 1.29 is 9.53 Å². The molecule has 0 aliphatic carbocycles. The normalized spacial score (nSPS) is 27.0. The van der Waals surface area contributed by atoms with Gasteiger partial charge in [0.05, 0.1) is 5.41 Å². The lowest BCUT2D eigenvalue weighted by molar-refractivity contribution is -0.130. The number of hydrogen-bond acceptors (Lipinski definition) is 3. The van der Waals surface area contributed by atoms with Crippen LogP contribution < -0.4 is 5.32 Å². The number of rotatable bonds is 5. The van der Waals surface area contributed by atoms with Gasteiger partial charge in [0.1, 0.15) is 0 Å². The molecular formula is C21H32N2O2. The monoisotopic (exact) mass is 344 g/mol. The van der Waals surface area contributed by atoms with Crippen molar-refractivity contribution in [1.82, 2.24) is 10.2 Å². The van der Waals surface area contributed by atoms with Gasteiger partial charge in [-0.05, 0) is 36.7 Å². The Hall–Kier alpha value is -1.39. The van der Waals surface area contributed by atoms with Gasteiger partial charge in [0.2, 0.25) is 5.91 Å². The molecule has 2 heterocycles. The number of benzene rings is 1. The Kier molecular flexibility index (Phi) is 6.13. The summed E-state index contributed by atoms with van der Waals surface area (Å²) >= 11 is 0. The number of piperidine rings is 1. The lowest BCUT2D eigenvalue weighted by atomic mass is 9.73. The molecule has 1 aromatic carbocycles. The van der Waals surface area contributed by atoms with Gasteiger partial charge in [0.15, 0.2) is 0 Å². The summed E-state index contributed by atoms with van der Waals surface area (Å²) in [6.45, 7) is 9.94. The van der Waals surface area contributed by atoms with E-state index < -0.39 is 5.41 Å². The third kappa shape index (κ3) is 4.42. The van der Waals surface area contributed by atoms with Crippen molar-refractivity contribution in [2.45, 2.75) is 38.5 Å². The van der Waals surface area contributed by atoms with Crippen LogP contribution in [-0.2, 0) is 14.9 Å². The Bertz CT molecular complexity index is 544. The van der Waals surface area contributed by atoms with E-state index in [-0.39, 0.29) is 5.91 Å². The van der Waals surface area contributed by atoms with Gasteiger partial charge < -0.3 is 15.0 Å². The van der Waals surface area contributed by atoms with Crippen molar-refractivity contribution >= 4 is 5.91 Å². The molecule has 0 unspecified atom stereocenters. The first-order chi connectivity index (χ1) is 12.1. The van der Waals surface area contributed by atoms with Crippen molar-refractivity contribution in [2.75, 3.05) is 39.4 Å².